The predicted octanol–water partition coefficient (Wildman–Crippen LogP) is 6.14. The van der Waals surface area contributed by atoms with Crippen LogP contribution in [0.15, 0.2) is 115 Å². The Morgan fingerprint density at radius 3 is 2.18 bits per heavy atom. The maximum absolute atomic E-state index is 13.4. The summed E-state index contributed by atoms with van der Waals surface area (Å²) in [6, 6.07) is 27.7. The number of carbonyl (C=O) groups excluding carboxylic acids is 3. The summed E-state index contributed by atoms with van der Waals surface area (Å²) in [7, 11) is 1.58. The van der Waals surface area contributed by atoms with E-state index < -0.39 is 17.6 Å². The molecule has 0 aromatic heterocycles. The zero-order valence-electron chi connectivity index (χ0n) is 21.1. The third-order valence-corrected chi connectivity index (χ3v) is 5.66. The first kappa shape index (κ1) is 26.8. The van der Waals surface area contributed by atoms with Crippen molar-refractivity contribution in [1.82, 2.24) is 5.32 Å². The molecule has 0 radical (unpaired) electrons. The normalized spacial score (nSPS) is 11.2. The van der Waals surface area contributed by atoms with Crippen LogP contribution >= 0.6 is 0 Å². The van der Waals surface area contributed by atoms with Crippen LogP contribution in [0.25, 0.3) is 12.2 Å². The Balaban J connectivity index is 1.48. The van der Waals surface area contributed by atoms with Gasteiger partial charge in [0.1, 0.15) is 17.3 Å². The molecule has 39 heavy (non-hydrogen) atoms. The highest BCUT2D eigenvalue weighted by Gasteiger charge is 2.15. The van der Waals surface area contributed by atoms with Crippen LogP contribution in [0, 0.1) is 5.82 Å². The largest absolute Gasteiger partial charge is 0.497 e. The molecule has 7 heteroatoms. The van der Waals surface area contributed by atoms with Crippen LogP contribution in [-0.2, 0) is 4.79 Å². The fraction of sp³-hybridized carbons (Fsp3) is 0.0312. The van der Waals surface area contributed by atoms with E-state index in [4.69, 9.17) is 4.74 Å². The van der Waals surface area contributed by atoms with Crippen molar-refractivity contribution in [3.63, 3.8) is 0 Å². The molecular weight excluding hydrogens is 495 g/mol. The first-order valence-corrected chi connectivity index (χ1v) is 12.0. The molecule has 0 spiro atoms. The average Bonchev–Trinajstić information content (AvgIpc) is 2.97. The van der Waals surface area contributed by atoms with E-state index in [1.165, 1.54) is 36.4 Å². The number of benzene rings is 4. The second-order valence-corrected chi connectivity index (χ2v) is 8.44. The van der Waals surface area contributed by atoms with Gasteiger partial charge in [-0.3, -0.25) is 14.4 Å². The third-order valence-electron chi connectivity index (χ3n) is 5.66. The number of hydrogen-bond acceptors (Lipinski definition) is 4. The zero-order valence-corrected chi connectivity index (χ0v) is 21.1. The number of nitrogens with one attached hydrogen (secondary N) is 2. The molecule has 194 valence electrons. The SMILES string of the molecule is COc1cccc(/C=C/C(=O)c2ccc(NC(=O)/C(=C/c3ccc(F)cc3)NC(=O)c3ccccc3)cc2)c1. The minimum atomic E-state index is -0.583. The Morgan fingerprint density at radius 2 is 1.49 bits per heavy atom. The first-order valence-electron chi connectivity index (χ1n) is 12.0. The van der Waals surface area contributed by atoms with Crippen molar-refractivity contribution < 1.29 is 23.5 Å². The molecule has 2 amide bonds. The smallest absolute Gasteiger partial charge is 0.272 e. The number of anilines is 1. The number of ketones is 1. The van der Waals surface area contributed by atoms with Crippen molar-refractivity contribution in [3.05, 3.63) is 143 Å². The van der Waals surface area contributed by atoms with E-state index in [1.54, 1.807) is 67.8 Å². The number of methoxy groups -OCH3 is 1. The highest BCUT2D eigenvalue weighted by molar-refractivity contribution is 6.11. The van der Waals surface area contributed by atoms with Gasteiger partial charge in [0.2, 0.25) is 0 Å². The monoisotopic (exact) mass is 520 g/mol. The maximum Gasteiger partial charge on any atom is 0.272 e. The van der Waals surface area contributed by atoms with E-state index >= 15 is 0 Å². The minimum Gasteiger partial charge on any atom is -0.497 e. The number of allylic oxidation sites excluding steroid dienone is 1. The fourth-order valence-electron chi connectivity index (χ4n) is 3.60. The van der Waals surface area contributed by atoms with Crippen molar-refractivity contribution in [2.24, 2.45) is 0 Å². The van der Waals surface area contributed by atoms with Crippen LogP contribution in [-0.4, -0.2) is 24.7 Å². The summed E-state index contributed by atoms with van der Waals surface area (Å²) in [6.07, 6.45) is 4.62. The lowest BCUT2D eigenvalue weighted by molar-refractivity contribution is -0.113. The van der Waals surface area contributed by atoms with Gasteiger partial charge in [0, 0.05) is 16.8 Å². The van der Waals surface area contributed by atoms with Gasteiger partial charge in [-0.25, -0.2) is 4.39 Å². The van der Waals surface area contributed by atoms with Gasteiger partial charge < -0.3 is 15.4 Å². The van der Waals surface area contributed by atoms with Gasteiger partial charge in [-0.15, -0.1) is 0 Å². The summed E-state index contributed by atoms with van der Waals surface area (Å²) >= 11 is 0. The van der Waals surface area contributed by atoms with E-state index in [0.717, 1.165) is 5.56 Å². The van der Waals surface area contributed by atoms with Crippen molar-refractivity contribution >= 4 is 35.4 Å². The third kappa shape index (κ3) is 7.60. The molecule has 4 rings (SSSR count). The zero-order chi connectivity index (χ0) is 27.6. The average molecular weight is 521 g/mol. The van der Waals surface area contributed by atoms with Gasteiger partial charge >= 0.3 is 0 Å². The van der Waals surface area contributed by atoms with Crippen LogP contribution in [0.5, 0.6) is 5.75 Å². The standard InChI is InChI=1S/C32H25FN2O4/c1-39-28-9-5-6-22(20-28)12-19-30(36)24-13-17-27(18-14-24)34-32(38)29(21-23-10-15-26(33)16-11-23)35-31(37)25-7-3-2-4-8-25/h2-21H,1H3,(H,34,38)(H,35,37)/b19-12+,29-21-. The van der Waals surface area contributed by atoms with Crippen molar-refractivity contribution in [2.45, 2.75) is 0 Å². The lowest BCUT2D eigenvalue weighted by Gasteiger charge is -2.12. The Labute approximate surface area is 225 Å². The molecule has 0 heterocycles. The fourth-order valence-corrected chi connectivity index (χ4v) is 3.60. The van der Waals surface area contributed by atoms with Crippen molar-refractivity contribution in [2.75, 3.05) is 12.4 Å². The van der Waals surface area contributed by atoms with Gasteiger partial charge in [0.25, 0.3) is 11.8 Å². The molecule has 0 aliphatic heterocycles. The van der Waals surface area contributed by atoms with Crippen molar-refractivity contribution in [3.8, 4) is 5.75 Å². The number of ether oxygens (including phenoxy) is 1. The summed E-state index contributed by atoms with van der Waals surface area (Å²) in [5.41, 5.74) is 2.55. The van der Waals surface area contributed by atoms with Gasteiger partial charge in [-0.2, -0.15) is 0 Å². The molecule has 0 aliphatic rings. The summed E-state index contributed by atoms with van der Waals surface area (Å²) in [4.78, 5) is 38.5. The number of carbonyl (C=O) groups is 3. The topological polar surface area (TPSA) is 84.5 Å². The molecule has 0 fully saturated rings. The van der Waals surface area contributed by atoms with Crippen LogP contribution < -0.4 is 15.4 Å². The summed E-state index contributed by atoms with van der Waals surface area (Å²) in [5, 5.41) is 5.36. The van der Waals surface area contributed by atoms with E-state index in [2.05, 4.69) is 10.6 Å². The summed E-state index contributed by atoms with van der Waals surface area (Å²) < 4.78 is 18.5. The lowest BCUT2D eigenvalue weighted by Crippen LogP contribution is -2.30. The van der Waals surface area contributed by atoms with E-state index in [-0.39, 0.29) is 11.5 Å². The molecule has 0 saturated heterocycles. The highest BCUT2D eigenvalue weighted by atomic mass is 19.1. The van der Waals surface area contributed by atoms with E-state index in [0.29, 0.717) is 28.1 Å². The van der Waals surface area contributed by atoms with Crippen molar-refractivity contribution in [1.29, 1.82) is 0 Å². The second kappa shape index (κ2) is 12.8. The van der Waals surface area contributed by atoms with Gasteiger partial charge in [0.05, 0.1) is 7.11 Å². The molecule has 4 aromatic rings. The summed E-state index contributed by atoms with van der Waals surface area (Å²) in [6.45, 7) is 0. The van der Waals surface area contributed by atoms with Crippen LogP contribution in [0.2, 0.25) is 0 Å². The van der Waals surface area contributed by atoms with Gasteiger partial charge in [-0.1, -0.05) is 48.5 Å². The van der Waals surface area contributed by atoms with E-state index in [1.807, 2.05) is 24.3 Å². The predicted molar refractivity (Wildman–Crippen MR) is 150 cm³/mol. The van der Waals surface area contributed by atoms with Crippen LogP contribution in [0.4, 0.5) is 10.1 Å². The van der Waals surface area contributed by atoms with Gasteiger partial charge in [-0.05, 0) is 83.9 Å². The Bertz CT molecular complexity index is 1530. The number of hydrogen-bond donors (Lipinski definition) is 2. The molecular formula is C32H25FN2O4. The Morgan fingerprint density at radius 1 is 0.769 bits per heavy atom. The minimum absolute atomic E-state index is 0.0307. The van der Waals surface area contributed by atoms with Crippen LogP contribution in [0.1, 0.15) is 31.8 Å². The highest BCUT2D eigenvalue weighted by Crippen LogP contribution is 2.16. The summed E-state index contributed by atoms with van der Waals surface area (Å²) in [5.74, 6) is -0.983. The molecule has 0 aliphatic carbocycles. The molecule has 0 atom stereocenters. The van der Waals surface area contributed by atoms with Gasteiger partial charge in [0.15, 0.2) is 5.78 Å². The van der Waals surface area contributed by atoms with E-state index in [9.17, 15) is 18.8 Å². The quantitative estimate of drug-likeness (QED) is 0.205. The number of rotatable bonds is 9. The molecule has 6 nitrogen and oxygen atoms in total. The molecule has 0 bridgehead atoms. The molecule has 4 aromatic carbocycles. The molecule has 0 saturated carbocycles. The Kier molecular flexibility index (Phi) is 8.77. The first-order chi connectivity index (χ1) is 18.9. The Hall–Kier alpha value is -5.30. The second-order valence-electron chi connectivity index (χ2n) is 8.44. The van der Waals surface area contributed by atoms with Crippen LogP contribution in [0.3, 0.4) is 0 Å². The molecule has 2 N–H and O–H groups in total. The lowest BCUT2D eigenvalue weighted by atomic mass is 10.1. The number of halogens is 1. The molecule has 0 unspecified atom stereocenters. The number of amides is 2. The maximum atomic E-state index is 13.4.